The molecule has 106 valence electrons. The predicted octanol–water partition coefficient (Wildman–Crippen LogP) is 1.44. The largest absolute Gasteiger partial charge is 0.392 e. The molecule has 4 N–H and O–H groups in total. The Labute approximate surface area is 117 Å². The molecule has 0 radical (unpaired) electrons. The molecule has 4 heteroatoms. The van der Waals surface area contributed by atoms with Gasteiger partial charge in [-0.2, -0.15) is 0 Å². The van der Waals surface area contributed by atoms with Gasteiger partial charge in [-0.1, -0.05) is 48.5 Å². The van der Waals surface area contributed by atoms with Crippen LogP contribution < -0.4 is 0 Å². The quantitative estimate of drug-likeness (QED) is 0.665. The second kappa shape index (κ2) is 6.63. The molecule has 0 fully saturated rings. The van der Waals surface area contributed by atoms with E-state index < -0.39 is 12.2 Å². The minimum absolute atomic E-state index is 0.0540. The summed E-state index contributed by atoms with van der Waals surface area (Å²) >= 11 is 0. The van der Waals surface area contributed by atoms with Gasteiger partial charge in [0.25, 0.3) is 0 Å². The molecule has 0 spiro atoms. The van der Waals surface area contributed by atoms with Gasteiger partial charge < -0.3 is 20.4 Å². The number of rotatable bonds is 5. The average Bonchev–Trinajstić information content (AvgIpc) is 2.53. The van der Waals surface area contributed by atoms with Crippen LogP contribution in [0.25, 0.3) is 0 Å². The molecule has 20 heavy (non-hydrogen) atoms. The number of aliphatic hydroxyl groups excluding tert-OH is 4. The van der Waals surface area contributed by atoms with Gasteiger partial charge in [0.2, 0.25) is 0 Å². The molecule has 0 aliphatic carbocycles. The Balaban J connectivity index is 2.15. The van der Waals surface area contributed by atoms with Crippen molar-refractivity contribution in [2.45, 2.75) is 25.4 Å². The molecular weight excluding hydrogens is 256 g/mol. The summed E-state index contributed by atoms with van der Waals surface area (Å²) in [5.41, 5.74) is 2.67. The highest BCUT2D eigenvalue weighted by Gasteiger charge is 2.20. The first-order valence-electron chi connectivity index (χ1n) is 6.41. The van der Waals surface area contributed by atoms with Gasteiger partial charge in [0.05, 0.1) is 13.2 Å². The highest BCUT2D eigenvalue weighted by Crippen LogP contribution is 2.28. The van der Waals surface area contributed by atoms with Crippen molar-refractivity contribution in [3.05, 3.63) is 70.8 Å². The Morgan fingerprint density at radius 2 is 0.900 bits per heavy atom. The van der Waals surface area contributed by atoms with Crippen LogP contribution in [0.3, 0.4) is 0 Å². The van der Waals surface area contributed by atoms with E-state index in [1.165, 1.54) is 0 Å². The lowest BCUT2D eigenvalue weighted by Crippen LogP contribution is -2.10. The van der Waals surface area contributed by atoms with E-state index in [-0.39, 0.29) is 13.2 Å². The molecule has 2 aromatic carbocycles. The maximum Gasteiger partial charge on any atom is 0.109 e. The van der Waals surface area contributed by atoms with Crippen LogP contribution in [-0.2, 0) is 13.2 Å². The summed E-state index contributed by atoms with van der Waals surface area (Å²) in [7, 11) is 0. The first-order chi connectivity index (χ1) is 9.65. The minimum atomic E-state index is -1.04. The zero-order chi connectivity index (χ0) is 14.5. The summed E-state index contributed by atoms with van der Waals surface area (Å²) in [5.74, 6) is 0. The Morgan fingerprint density at radius 3 is 1.15 bits per heavy atom. The molecule has 2 atom stereocenters. The molecule has 2 unspecified atom stereocenters. The van der Waals surface area contributed by atoms with Crippen LogP contribution in [0.2, 0.25) is 0 Å². The number of benzene rings is 2. The van der Waals surface area contributed by atoms with E-state index >= 15 is 0 Å². The minimum Gasteiger partial charge on any atom is -0.392 e. The Bertz CT molecular complexity index is 482. The van der Waals surface area contributed by atoms with E-state index in [0.717, 1.165) is 11.1 Å². The van der Waals surface area contributed by atoms with Gasteiger partial charge in [-0.3, -0.25) is 0 Å². The first kappa shape index (κ1) is 14.7. The normalized spacial score (nSPS) is 14.0. The first-order valence-corrected chi connectivity index (χ1v) is 6.41. The third-order valence-corrected chi connectivity index (χ3v) is 3.31. The maximum absolute atomic E-state index is 10.2. The molecule has 0 saturated heterocycles. The molecule has 0 bridgehead atoms. The number of hydrogen-bond acceptors (Lipinski definition) is 4. The monoisotopic (exact) mass is 274 g/mol. The fraction of sp³-hybridized carbons (Fsp3) is 0.250. The average molecular weight is 274 g/mol. The zero-order valence-corrected chi connectivity index (χ0v) is 11.0. The Morgan fingerprint density at radius 1 is 0.600 bits per heavy atom. The van der Waals surface area contributed by atoms with E-state index in [1.807, 2.05) is 0 Å². The van der Waals surface area contributed by atoms with Gasteiger partial charge in [-0.15, -0.1) is 0 Å². The van der Waals surface area contributed by atoms with Gasteiger partial charge in [-0.05, 0) is 22.3 Å². The maximum atomic E-state index is 10.2. The second-order valence-electron chi connectivity index (χ2n) is 4.69. The van der Waals surface area contributed by atoms with E-state index in [4.69, 9.17) is 10.2 Å². The van der Waals surface area contributed by atoms with Gasteiger partial charge in [0.1, 0.15) is 12.2 Å². The smallest absolute Gasteiger partial charge is 0.109 e. The third kappa shape index (κ3) is 3.23. The van der Waals surface area contributed by atoms with Crippen LogP contribution in [0.4, 0.5) is 0 Å². The van der Waals surface area contributed by atoms with Gasteiger partial charge in [-0.25, -0.2) is 0 Å². The molecule has 2 rings (SSSR count). The van der Waals surface area contributed by atoms with Crippen LogP contribution in [0, 0.1) is 0 Å². The number of hydrogen-bond donors (Lipinski definition) is 4. The summed E-state index contributed by atoms with van der Waals surface area (Å²) in [6.07, 6.45) is -2.08. The van der Waals surface area contributed by atoms with Crippen molar-refractivity contribution < 1.29 is 20.4 Å². The summed E-state index contributed by atoms with van der Waals surface area (Å²) in [4.78, 5) is 0. The summed E-state index contributed by atoms with van der Waals surface area (Å²) < 4.78 is 0. The van der Waals surface area contributed by atoms with Crippen molar-refractivity contribution in [3.8, 4) is 0 Å². The Hall–Kier alpha value is -1.72. The van der Waals surface area contributed by atoms with Gasteiger partial charge in [0.15, 0.2) is 0 Å². The summed E-state index contributed by atoms with van der Waals surface area (Å²) in [6, 6.07) is 13.6. The van der Waals surface area contributed by atoms with Gasteiger partial charge in [0, 0.05) is 0 Å². The van der Waals surface area contributed by atoms with Crippen LogP contribution >= 0.6 is 0 Å². The van der Waals surface area contributed by atoms with Crippen LogP contribution in [0.1, 0.15) is 34.5 Å². The lowest BCUT2D eigenvalue weighted by Gasteiger charge is -2.19. The second-order valence-corrected chi connectivity index (χ2v) is 4.69. The summed E-state index contributed by atoms with van der Waals surface area (Å²) in [5, 5.41) is 38.3. The SMILES string of the molecule is OCc1ccc(C(O)C(O)c2ccc(CO)cc2)cc1. The molecule has 0 aromatic heterocycles. The molecule has 0 aliphatic heterocycles. The highest BCUT2D eigenvalue weighted by molar-refractivity contribution is 5.29. The topological polar surface area (TPSA) is 80.9 Å². The van der Waals surface area contributed by atoms with E-state index in [0.29, 0.717) is 11.1 Å². The van der Waals surface area contributed by atoms with Crippen LogP contribution in [-0.4, -0.2) is 20.4 Å². The molecule has 0 amide bonds. The van der Waals surface area contributed by atoms with Gasteiger partial charge >= 0.3 is 0 Å². The van der Waals surface area contributed by atoms with Crippen molar-refractivity contribution in [1.29, 1.82) is 0 Å². The summed E-state index contributed by atoms with van der Waals surface area (Å²) in [6.45, 7) is -0.108. The zero-order valence-electron chi connectivity index (χ0n) is 11.0. The van der Waals surface area contributed by atoms with Crippen molar-refractivity contribution in [1.82, 2.24) is 0 Å². The van der Waals surface area contributed by atoms with Crippen LogP contribution in [0.5, 0.6) is 0 Å². The Kier molecular flexibility index (Phi) is 4.87. The molecule has 0 heterocycles. The standard InChI is InChI=1S/C16H18O4/c17-9-11-1-5-13(6-2-11)15(19)16(20)14-7-3-12(10-18)4-8-14/h1-8,15-20H,9-10H2. The highest BCUT2D eigenvalue weighted by atomic mass is 16.3. The van der Waals surface area contributed by atoms with Crippen molar-refractivity contribution in [2.75, 3.05) is 0 Å². The predicted molar refractivity (Wildman–Crippen MR) is 74.6 cm³/mol. The van der Waals surface area contributed by atoms with E-state index in [1.54, 1.807) is 48.5 Å². The van der Waals surface area contributed by atoms with Crippen LogP contribution in [0.15, 0.2) is 48.5 Å². The third-order valence-electron chi connectivity index (χ3n) is 3.31. The number of aliphatic hydroxyl groups is 4. The van der Waals surface area contributed by atoms with E-state index in [9.17, 15) is 10.2 Å². The van der Waals surface area contributed by atoms with Crippen molar-refractivity contribution >= 4 is 0 Å². The fourth-order valence-electron chi connectivity index (χ4n) is 2.01. The fourth-order valence-corrected chi connectivity index (χ4v) is 2.01. The molecule has 2 aromatic rings. The molecule has 0 saturated carbocycles. The van der Waals surface area contributed by atoms with Crippen molar-refractivity contribution in [3.63, 3.8) is 0 Å². The van der Waals surface area contributed by atoms with E-state index in [2.05, 4.69) is 0 Å². The van der Waals surface area contributed by atoms with Crippen molar-refractivity contribution in [2.24, 2.45) is 0 Å². The lowest BCUT2D eigenvalue weighted by molar-refractivity contribution is 0.0172. The lowest BCUT2D eigenvalue weighted by atomic mass is 9.97. The molecule has 0 aliphatic rings. The molecule has 4 nitrogen and oxygen atoms in total. The molecular formula is C16H18O4.